The third-order valence-corrected chi connectivity index (χ3v) is 5.85. The summed E-state index contributed by atoms with van der Waals surface area (Å²) in [6.07, 6.45) is 1.00. The Morgan fingerprint density at radius 1 is 1.16 bits per heavy atom. The number of imide groups is 1. The Labute approximate surface area is 187 Å². The predicted molar refractivity (Wildman–Crippen MR) is 111 cm³/mol. The van der Waals surface area contributed by atoms with Gasteiger partial charge in [0.1, 0.15) is 12.2 Å². The lowest BCUT2D eigenvalue weighted by Gasteiger charge is -2.22. The van der Waals surface area contributed by atoms with Gasteiger partial charge in [-0.15, -0.1) is 0 Å². The van der Waals surface area contributed by atoms with E-state index in [1.807, 2.05) is 0 Å². The summed E-state index contributed by atoms with van der Waals surface area (Å²) >= 11 is 6.11. The van der Waals surface area contributed by atoms with E-state index in [0.717, 1.165) is 9.80 Å². The van der Waals surface area contributed by atoms with Gasteiger partial charge in [-0.25, -0.2) is 0 Å². The van der Waals surface area contributed by atoms with Crippen LogP contribution in [0.5, 0.6) is 11.5 Å². The number of nitrogens with zero attached hydrogens (tertiary/aromatic N) is 3. The SMILES string of the molecule is COc1ccnc(CN2C(=O)CC3(C2=O)C(=O)N(CC(=O)O)c2ccc(Cl)cc23)c1OC. The average Bonchev–Trinajstić information content (AvgIpc) is 3.14. The summed E-state index contributed by atoms with van der Waals surface area (Å²) in [4.78, 5) is 57.4. The third-order valence-electron chi connectivity index (χ3n) is 5.61. The highest BCUT2D eigenvalue weighted by molar-refractivity contribution is 6.32. The van der Waals surface area contributed by atoms with Crippen LogP contribution in [0.1, 0.15) is 17.7 Å². The first-order valence-corrected chi connectivity index (χ1v) is 9.86. The number of methoxy groups -OCH3 is 2. The van der Waals surface area contributed by atoms with E-state index in [4.69, 9.17) is 21.1 Å². The quantitative estimate of drug-likeness (QED) is 0.507. The van der Waals surface area contributed by atoms with Gasteiger partial charge >= 0.3 is 5.97 Å². The number of carbonyl (C=O) groups is 4. The van der Waals surface area contributed by atoms with Crippen LogP contribution in [-0.4, -0.2) is 59.4 Å². The first kappa shape index (κ1) is 21.6. The fourth-order valence-electron chi connectivity index (χ4n) is 4.22. The maximum atomic E-state index is 13.6. The lowest BCUT2D eigenvalue weighted by Crippen LogP contribution is -2.47. The zero-order valence-electron chi connectivity index (χ0n) is 17.1. The Balaban J connectivity index is 1.78. The molecule has 0 saturated carbocycles. The number of hydrogen-bond acceptors (Lipinski definition) is 7. The number of anilines is 1. The molecule has 10 nitrogen and oxygen atoms in total. The Kier molecular flexibility index (Phi) is 5.25. The van der Waals surface area contributed by atoms with Gasteiger partial charge in [-0.1, -0.05) is 11.6 Å². The second-order valence-corrected chi connectivity index (χ2v) is 7.74. The lowest BCUT2D eigenvalue weighted by molar-refractivity contribution is -0.143. The highest BCUT2D eigenvalue weighted by Crippen LogP contribution is 2.49. The predicted octanol–water partition coefficient (Wildman–Crippen LogP) is 1.38. The minimum atomic E-state index is -1.88. The number of benzene rings is 1. The number of carboxylic acid groups (broad SMARTS) is 1. The van der Waals surface area contributed by atoms with Crippen LogP contribution in [0.2, 0.25) is 5.02 Å². The molecule has 0 radical (unpaired) electrons. The molecule has 1 aromatic heterocycles. The number of hydrogen-bond donors (Lipinski definition) is 1. The number of aliphatic carboxylic acids is 1. The number of fused-ring (bicyclic) bond motifs is 2. The van der Waals surface area contributed by atoms with E-state index in [2.05, 4.69) is 4.98 Å². The molecule has 3 amide bonds. The van der Waals surface area contributed by atoms with Crippen LogP contribution in [0.3, 0.4) is 0 Å². The molecular weight excluding hydrogens is 442 g/mol. The smallest absolute Gasteiger partial charge is 0.323 e. The normalized spacial score (nSPS) is 19.7. The monoisotopic (exact) mass is 459 g/mol. The summed E-state index contributed by atoms with van der Waals surface area (Å²) in [6, 6.07) is 5.96. The largest absolute Gasteiger partial charge is 0.493 e. The van der Waals surface area contributed by atoms with Crippen LogP contribution in [0.25, 0.3) is 0 Å². The third kappa shape index (κ3) is 3.06. The van der Waals surface area contributed by atoms with Crippen LogP contribution in [0.4, 0.5) is 5.69 Å². The van der Waals surface area contributed by atoms with Gasteiger partial charge < -0.3 is 14.6 Å². The van der Waals surface area contributed by atoms with Gasteiger partial charge in [0.25, 0.3) is 0 Å². The number of likely N-dealkylation sites (tertiary alicyclic amines) is 1. The summed E-state index contributed by atoms with van der Waals surface area (Å²) in [5.41, 5.74) is -1.16. The topological polar surface area (TPSA) is 126 Å². The van der Waals surface area contributed by atoms with Gasteiger partial charge in [-0.3, -0.25) is 34.0 Å². The molecule has 2 aliphatic rings. The first-order chi connectivity index (χ1) is 15.2. The molecule has 1 fully saturated rings. The molecule has 0 bridgehead atoms. The summed E-state index contributed by atoms with van der Waals surface area (Å²) in [5.74, 6) is -2.77. The summed E-state index contributed by atoms with van der Waals surface area (Å²) in [6.45, 7) is -0.899. The van der Waals surface area contributed by atoms with E-state index in [-0.39, 0.29) is 34.3 Å². The fourth-order valence-corrected chi connectivity index (χ4v) is 4.40. The Morgan fingerprint density at radius 3 is 2.53 bits per heavy atom. The van der Waals surface area contributed by atoms with Crippen molar-refractivity contribution < 1.29 is 33.8 Å². The van der Waals surface area contributed by atoms with Crippen molar-refractivity contribution in [3.05, 3.63) is 46.7 Å². The van der Waals surface area contributed by atoms with E-state index in [1.54, 1.807) is 6.07 Å². The van der Waals surface area contributed by atoms with Crippen LogP contribution in [-0.2, 0) is 31.1 Å². The molecule has 0 aliphatic carbocycles. The Morgan fingerprint density at radius 2 is 1.88 bits per heavy atom. The lowest BCUT2D eigenvalue weighted by atomic mass is 9.80. The molecule has 32 heavy (non-hydrogen) atoms. The van der Waals surface area contributed by atoms with E-state index in [1.165, 1.54) is 38.6 Å². The molecule has 11 heteroatoms. The van der Waals surface area contributed by atoms with Gasteiger partial charge in [-0.2, -0.15) is 0 Å². The molecular formula is C21H18ClN3O7. The number of halogens is 1. The van der Waals surface area contributed by atoms with Crippen LogP contribution >= 0.6 is 11.6 Å². The minimum absolute atomic E-state index is 0.211. The van der Waals surface area contributed by atoms with E-state index < -0.39 is 42.1 Å². The first-order valence-electron chi connectivity index (χ1n) is 9.49. The summed E-state index contributed by atoms with van der Waals surface area (Å²) in [5, 5.41) is 9.51. The number of ether oxygens (including phenoxy) is 2. The maximum absolute atomic E-state index is 13.6. The number of carboxylic acids is 1. The van der Waals surface area contributed by atoms with Gasteiger partial charge in [-0.05, 0) is 18.2 Å². The molecule has 2 aliphatic heterocycles. The van der Waals surface area contributed by atoms with Gasteiger partial charge in [0, 0.05) is 28.5 Å². The van der Waals surface area contributed by atoms with E-state index in [0.29, 0.717) is 5.75 Å². The van der Waals surface area contributed by atoms with Crippen molar-refractivity contribution in [2.45, 2.75) is 18.4 Å². The van der Waals surface area contributed by atoms with Crippen molar-refractivity contribution in [1.82, 2.24) is 9.88 Å². The molecule has 3 heterocycles. The zero-order chi connectivity index (χ0) is 23.2. The molecule has 4 rings (SSSR count). The molecule has 1 aromatic carbocycles. The highest BCUT2D eigenvalue weighted by Gasteiger charge is 2.64. The van der Waals surface area contributed by atoms with E-state index >= 15 is 0 Å². The highest BCUT2D eigenvalue weighted by atomic mass is 35.5. The number of carbonyl (C=O) groups excluding carboxylic acids is 3. The van der Waals surface area contributed by atoms with Gasteiger partial charge in [0.05, 0.1) is 27.2 Å². The van der Waals surface area contributed by atoms with Crippen molar-refractivity contribution in [1.29, 1.82) is 0 Å². The average molecular weight is 460 g/mol. The van der Waals surface area contributed by atoms with Crippen LogP contribution in [0, 0.1) is 0 Å². The van der Waals surface area contributed by atoms with Gasteiger partial charge in [0.15, 0.2) is 16.9 Å². The number of rotatable bonds is 6. The Bertz CT molecular complexity index is 1170. The maximum Gasteiger partial charge on any atom is 0.323 e. The second-order valence-electron chi connectivity index (χ2n) is 7.31. The standard InChI is InChI=1S/C21H18ClN3O7/c1-31-15-5-6-23-13(18(15)32-2)9-25-16(26)8-21(20(25)30)12-7-11(22)3-4-14(12)24(19(21)29)10-17(27)28/h3-7H,8-10H2,1-2H3,(H,27,28). The second kappa shape index (κ2) is 7.79. The van der Waals surface area contributed by atoms with Crippen LogP contribution < -0.4 is 14.4 Å². The minimum Gasteiger partial charge on any atom is -0.493 e. The van der Waals surface area contributed by atoms with Crippen molar-refractivity contribution in [2.75, 3.05) is 25.7 Å². The molecule has 1 unspecified atom stereocenters. The molecule has 1 spiro atoms. The molecule has 1 N–H and O–H groups in total. The van der Waals surface area contributed by atoms with Crippen LogP contribution in [0.15, 0.2) is 30.5 Å². The summed E-state index contributed by atoms with van der Waals surface area (Å²) in [7, 11) is 2.85. The van der Waals surface area contributed by atoms with Crippen molar-refractivity contribution in [3.8, 4) is 11.5 Å². The van der Waals surface area contributed by atoms with Crippen molar-refractivity contribution >= 4 is 41.0 Å². The van der Waals surface area contributed by atoms with Crippen molar-refractivity contribution in [2.24, 2.45) is 0 Å². The molecule has 2 aromatic rings. The van der Waals surface area contributed by atoms with Gasteiger partial charge in [0.2, 0.25) is 17.7 Å². The Hall–Kier alpha value is -3.66. The zero-order valence-corrected chi connectivity index (χ0v) is 17.9. The molecule has 1 atom stereocenters. The number of pyridine rings is 1. The number of amides is 3. The van der Waals surface area contributed by atoms with E-state index in [9.17, 15) is 24.3 Å². The molecule has 1 saturated heterocycles. The molecule has 166 valence electrons. The van der Waals surface area contributed by atoms with Crippen molar-refractivity contribution in [3.63, 3.8) is 0 Å². The summed E-state index contributed by atoms with van der Waals surface area (Å²) < 4.78 is 10.6. The number of aromatic nitrogens is 1. The fraction of sp³-hybridized carbons (Fsp3) is 0.286.